The summed E-state index contributed by atoms with van der Waals surface area (Å²) >= 11 is 4.53. The van der Waals surface area contributed by atoms with Crippen LogP contribution in [0.3, 0.4) is 0 Å². The smallest absolute Gasteiger partial charge is 0.250 e. The van der Waals surface area contributed by atoms with E-state index in [1.165, 1.54) is 11.3 Å². The molecule has 0 amide bonds. The van der Waals surface area contributed by atoms with E-state index in [1.54, 1.807) is 18.3 Å². The SMILES string of the molecule is O=S(=O)(NC1CCC(n2cccn2)CC1)c1ccc(Br)s1. The number of hydrogen-bond acceptors (Lipinski definition) is 4. The molecule has 8 heteroatoms. The molecule has 1 aliphatic carbocycles. The molecule has 0 radical (unpaired) electrons. The highest BCUT2D eigenvalue weighted by atomic mass is 79.9. The average Bonchev–Trinajstić information content (AvgIpc) is 3.10. The quantitative estimate of drug-likeness (QED) is 0.872. The van der Waals surface area contributed by atoms with Crippen LogP contribution in [0.5, 0.6) is 0 Å². The van der Waals surface area contributed by atoms with Gasteiger partial charge in [-0.3, -0.25) is 4.68 Å². The number of aromatic nitrogens is 2. The minimum Gasteiger partial charge on any atom is -0.270 e. The summed E-state index contributed by atoms with van der Waals surface area (Å²) in [6.45, 7) is 0. The molecule has 0 atom stereocenters. The lowest BCUT2D eigenvalue weighted by molar-refractivity contribution is 0.294. The van der Waals surface area contributed by atoms with Crippen molar-refractivity contribution >= 4 is 37.3 Å². The first-order valence-electron chi connectivity index (χ1n) is 6.81. The molecular formula is C13H16BrN3O2S2. The van der Waals surface area contributed by atoms with Crippen LogP contribution in [0, 0.1) is 0 Å². The van der Waals surface area contributed by atoms with Gasteiger partial charge < -0.3 is 0 Å². The molecule has 0 spiro atoms. The van der Waals surface area contributed by atoms with Crippen LogP contribution in [0.1, 0.15) is 31.7 Å². The van der Waals surface area contributed by atoms with Crippen LogP contribution in [0.2, 0.25) is 0 Å². The summed E-state index contributed by atoms with van der Waals surface area (Å²) in [6, 6.07) is 5.71. The largest absolute Gasteiger partial charge is 0.270 e. The summed E-state index contributed by atoms with van der Waals surface area (Å²) < 4.78 is 30.6. The minimum absolute atomic E-state index is 0.0164. The van der Waals surface area contributed by atoms with E-state index in [0.717, 1.165) is 29.5 Å². The summed E-state index contributed by atoms with van der Waals surface area (Å²) in [7, 11) is -3.39. The van der Waals surface area contributed by atoms with E-state index in [4.69, 9.17) is 0 Å². The van der Waals surface area contributed by atoms with Crippen LogP contribution in [0.25, 0.3) is 0 Å². The molecule has 114 valence electrons. The Morgan fingerprint density at radius 1 is 1.29 bits per heavy atom. The first kappa shape index (κ1) is 15.2. The van der Waals surface area contributed by atoms with Crippen LogP contribution in [0.15, 0.2) is 38.6 Å². The molecule has 1 aliphatic rings. The molecule has 1 fully saturated rings. The predicted molar refractivity (Wildman–Crippen MR) is 85.9 cm³/mol. The Hall–Kier alpha value is -0.700. The molecule has 2 aromatic rings. The second-order valence-corrected chi connectivity index (χ2v) is 9.58. The van der Waals surface area contributed by atoms with Gasteiger partial charge in [0.05, 0.1) is 9.83 Å². The van der Waals surface area contributed by atoms with Gasteiger partial charge >= 0.3 is 0 Å². The van der Waals surface area contributed by atoms with Gasteiger partial charge in [-0.15, -0.1) is 11.3 Å². The standard InChI is InChI=1S/C13H16BrN3O2S2/c14-12-6-7-13(20-12)21(18,19)16-10-2-4-11(5-3-10)17-9-1-8-15-17/h1,6-11,16H,2-5H2. The molecule has 2 heterocycles. The molecule has 5 nitrogen and oxygen atoms in total. The van der Waals surface area contributed by atoms with Gasteiger partial charge in [0.1, 0.15) is 4.21 Å². The van der Waals surface area contributed by atoms with Crippen LogP contribution in [-0.2, 0) is 10.0 Å². The molecule has 21 heavy (non-hydrogen) atoms. The predicted octanol–water partition coefficient (Wildman–Crippen LogP) is 3.17. The third-order valence-corrected chi connectivity index (χ3v) is 7.37. The maximum Gasteiger partial charge on any atom is 0.250 e. The third kappa shape index (κ3) is 3.56. The second-order valence-electron chi connectivity index (χ2n) is 5.17. The number of sulfonamides is 1. The van der Waals surface area contributed by atoms with Crippen LogP contribution in [-0.4, -0.2) is 24.2 Å². The van der Waals surface area contributed by atoms with E-state index in [2.05, 4.69) is 25.8 Å². The lowest BCUT2D eigenvalue weighted by atomic mass is 9.92. The number of rotatable bonds is 4. The van der Waals surface area contributed by atoms with Crippen molar-refractivity contribution in [3.8, 4) is 0 Å². The van der Waals surface area contributed by atoms with Gasteiger partial charge in [-0.05, 0) is 59.8 Å². The Morgan fingerprint density at radius 2 is 2.05 bits per heavy atom. The number of nitrogens with one attached hydrogen (secondary N) is 1. The van der Waals surface area contributed by atoms with Gasteiger partial charge in [0.25, 0.3) is 0 Å². The number of hydrogen-bond donors (Lipinski definition) is 1. The molecule has 0 saturated heterocycles. The maximum absolute atomic E-state index is 12.3. The summed E-state index contributed by atoms with van der Waals surface area (Å²) in [5.74, 6) is 0. The van der Waals surface area contributed by atoms with E-state index >= 15 is 0 Å². The zero-order chi connectivity index (χ0) is 14.9. The summed E-state index contributed by atoms with van der Waals surface area (Å²) in [6.07, 6.45) is 7.33. The molecule has 2 aromatic heterocycles. The zero-order valence-corrected chi connectivity index (χ0v) is 14.5. The highest BCUT2D eigenvalue weighted by Crippen LogP contribution is 2.30. The van der Waals surface area contributed by atoms with Crippen molar-refractivity contribution in [3.05, 3.63) is 34.4 Å². The highest BCUT2D eigenvalue weighted by molar-refractivity contribution is 9.11. The van der Waals surface area contributed by atoms with Crippen molar-refractivity contribution in [2.45, 2.75) is 42.0 Å². The van der Waals surface area contributed by atoms with Crippen LogP contribution in [0.4, 0.5) is 0 Å². The van der Waals surface area contributed by atoms with Crippen LogP contribution < -0.4 is 4.72 Å². The van der Waals surface area contributed by atoms with Gasteiger partial charge in [0.2, 0.25) is 10.0 Å². The van der Waals surface area contributed by atoms with Gasteiger partial charge in [-0.25, -0.2) is 13.1 Å². The lowest BCUT2D eigenvalue weighted by Gasteiger charge is -2.28. The summed E-state index contributed by atoms with van der Waals surface area (Å²) in [5.41, 5.74) is 0. The molecule has 1 N–H and O–H groups in total. The van der Waals surface area contributed by atoms with Crippen molar-refractivity contribution in [2.75, 3.05) is 0 Å². The average molecular weight is 390 g/mol. The van der Waals surface area contributed by atoms with Gasteiger partial charge in [-0.1, -0.05) is 0 Å². The van der Waals surface area contributed by atoms with Gasteiger partial charge in [0.15, 0.2) is 0 Å². The molecule has 3 rings (SSSR count). The van der Waals surface area contributed by atoms with E-state index < -0.39 is 10.0 Å². The Bertz CT molecular complexity index is 689. The maximum atomic E-state index is 12.3. The Kier molecular flexibility index (Phi) is 4.49. The summed E-state index contributed by atoms with van der Waals surface area (Å²) in [4.78, 5) is 0. The minimum atomic E-state index is -3.39. The van der Waals surface area contributed by atoms with Crippen molar-refractivity contribution in [3.63, 3.8) is 0 Å². The number of thiophene rings is 1. The van der Waals surface area contributed by atoms with Gasteiger partial charge in [0, 0.05) is 18.4 Å². The normalized spacial score (nSPS) is 23.3. The topological polar surface area (TPSA) is 64.0 Å². The Balaban J connectivity index is 1.60. The van der Waals surface area contributed by atoms with E-state index in [1.807, 2.05) is 16.9 Å². The van der Waals surface area contributed by atoms with Gasteiger partial charge in [-0.2, -0.15) is 5.10 Å². The van der Waals surface area contributed by atoms with E-state index in [9.17, 15) is 8.42 Å². The third-order valence-electron chi connectivity index (χ3n) is 3.73. The fourth-order valence-electron chi connectivity index (χ4n) is 2.67. The van der Waals surface area contributed by atoms with Crippen molar-refractivity contribution < 1.29 is 8.42 Å². The molecule has 0 aliphatic heterocycles. The number of nitrogens with zero attached hydrogens (tertiary/aromatic N) is 2. The Labute approximate surface area is 136 Å². The van der Waals surface area contributed by atoms with Crippen molar-refractivity contribution in [1.29, 1.82) is 0 Å². The lowest BCUT2D eigenvalue weighted by Crippen LogP contribution is -2.37. The number of halogens is 1. The fraction of sp³-hybridized carbons (Fsp3) is 0.462. The molecule has 0 bridgehead atoms. The van der Waals surface area contributed by atoms with E-state index in [0.29, 0.717) is 10.3 Å². The fourth-order valence-corrected chi connectivity index (χ4v) is 6.01. The zero-order valence-electron chi connectivity index (χ0n) is 11.3. The molecule has 0 aromatic carbocycles. The molecule has 0 unspecified atom stereocenters. The monoisotopic (exact) mass is 389 g/mol. The van der Waals surface area contributed by atoms with Crippen molar-refractivity contribution in [1.82, 2.24) is 14.5 Å². The van der Waals surface area contributed by atoms with E-state index in [-0.39, 0.29) is 6.04 Å². The first-order chi connectivity index (χ1) is 10.0. The molecular weight excluding hydrogens is 374 g/mol. The molecule has 1 saturated carbocycles. The van der Waals surface area contributed by atoms with Crippen molar-refractivity contribution in [2.24, 2.45) is 0 Å². The first-order valence-corrected chi connectivity index (χ1v) is 9.91. The van der Waals surface area contributed by atoms with Crippen LogP contribution >= 0.6 is 27.3 Å². The highest BCUT2D eigenvalue weighted by Gasteiger charge is 2.27. The second kappa shape index (κ2) is 6.20. The summed E-state index contributed by atoms with van der Waals surface area (Å²) in [5, 5.41) is 4.26. The Morgan fingerprint density at radius 3 is 2.62 bits per heavy atom.